The third-order valence-corrected chi connectivity index (χ3v) is 2.99. The van der Waals surface area contributed by atoms with Crippen LogP contribution >= 0.6 is 11.6 Å². The van der Waals surface area contributed by atoms with Crippen LogP contribution in [0.3, 0.4) is 0 Å². The van der Waals surface area contributed by atoms with E-state index in [1.807, 2.05) is 13.8 Å². The Kier molecular flexibility index (Phi) is 4.52. The van der Waals surface area contributed by atoms with Crippen LogP contribution in [0.4, 0.5) is 10.5 Å². The number of carbonyl (C=O) groups excluding carboxylic acids is 1. The van der Waals surface area contributed by atoms with Gasteiger partial charge < -0.3 is 10.6 Å². The summed E-state index contributed by atoms with van der Waals surface area (Å²) < 4.78 is 1.72. The minimum Gasteiger partial charge on any atom is -0.328 e. The second kappa shape index (κ2) is 6.33. The van der Waals surface area contributed by atoms with E-state index in [1.54, 1.807) is 23.0 Å². The topological polar surface area (TPSA) is 84.7 Å². The predicted octanol–water partition coefficient (Wildman–Crippen LogP) is 2.23. The molecule has 8 heteroatoms. The SMILES string of the molecule is CCn1ncnc1C(C)NC(=O)Nc1cccnc1Cl. The summed E-state index contributed by atoms with van der Waals surface area (Å²) in [5, 5.41) is 9.72. The number of rotatable bonds is 4. The number of hydrogen-bond donors (Lipinski definition) is 2. The first-order valence-electron chi connectivity index (χ1n) is 6.17. The summed E-state index contributed by atoms with van der Waals surface area (Å²) in [7, 11) is 0. The van der Waals surface area contributed by atoms with Crippen LogP contribution in [0, 0.1) is 0 Å². The molecule has 0 aliphatic rings. The quantitative estimate of drug-likeness (QED) is 0.847. The number of urea groups is 1. The van der Waals surface area contributed by atoms with E-state index < -0.39 is 0 Å². The molecule has 2 heterocycles. The number of amides is 2. The van der Waals surface area contributed by atoms with Crippen LogP contribution in [-0.4, -0.2) is 25.8 Å². The van der Waals surface area contributed by atoms with Crippen LogP contribution in [0.1, 0.15) is 25.7 Å². The number of carbonyl (C=O) groups is 1. The molecule has 2 N–H and O–H groups in total. The molecule has 1 atom stereocenters. The van der Waals surface area contributed by atoms with Crippen molar-refractivity contribution in [3.8, 4) is 0 Å². The molecule has 106 valence electrons. The average molecular weight is 295 g/mol. The maximum Gasteiger partial charge on any atom is 0.319 e. The van der Waals surface area contributed by atoms with Gasteiger partial charge in [0, 0.05) is 12.7 Å². The average Bonchev–Trinajstić information content (AvgIpc) is 2.89. The first-order valence-corrected chi connectivity index (χ1v) is 6.55. The van der Waals surface area contributed by atoms with Crippen molar-refractivity contribution in [3.05, 3.63) is 35.6 Å². The number of aryl methyl sites for hydroxylation is 1. The summed E-state index contributed by atoms with van der Waals surface area (Å²) in [4.78, 5) is 19.9. The Bertz CT molecular complexity index is 599. The number of nitrogens with zero attached hydrogens (tertiary/aromatic N) is 4. The van der Waals surface area contributed by atoms with Crippen molar-refractivity contribution in [2.45, 2.75) is 26.4 Å². The first-order chi connectivity index (χ1) is 9.61. The third-order valence-electron chi connectivity index (χ3n) is 2.69. The zero-order chi connectivity index (χ0) is 14.5. The molecule has 0 saturated heterocycles. The van der Waals surface area contributed by atoms with E-state index in [-0.39, 0.29) is 17.2 Å². The molecule has 2 amide bonds. The number of hydrogen-bond acceptors (Lipinski definition) is 4. The van der Waals surface area contributed by atoms with Gasteiger partial charge in [-0.2, -0.15) is 5.10 Å². The first kappa shape index (κ1) is 14.3. The normalized spacial score (nSPS) is 11.9. The van der Waals surface area contributed by atoms with E-state index in [1.165, 1.54) is 6.33 Å². The number of anilines is 1. The van der Waals surface area contributed by atoms with Crippen molar-refractivity contribution in [2.75, 3.05) is 5.32 Å². The summed E-state index contributed by atoms with van der Waals surface area (Å²) in [6.45, 7) is 4.48. The monoisotopic (exact) mass is 294 g/mol. The van der Waals surface area contributed by atoms with Crippen LogP contribution in [0.2, 0.25) is 5.15 Å². The molecule has 0 aliphatic carbocycles. The lowest BCUT2D eigenvalue weighted by molar-refractivity contribution is 0.248. The van der Waals surface area contributed by atoms with Crippen molar-refractivity contribution in [1.29, 1.82) is 0 Å². The maximum atomic E-state index is 11.9. The van der Waals surface area contributed by atoms with Gasteiger partial charge in [-0.15, -0.1) is 0 Å². The molecule has 2 rings (SSSR count). The van der Waals surface area contributed by atoms with Crippen LogP contribution in [0.15, 0.2) is 24.7 Å². The van der Waals surface area contributed by atoms with E-state index in [4.69, 9.17) is 11.6 Å². The molecule has 0 saturated carbocycles. The van der Waals surface area contributed by atoms with Gasteiger partial charge in [-0.3, -0.25) is 0 Å². The van der Waals surface area contributed by atoms with Crippen molar-refractivity contribution in [3.63, 3.8) is 0 Å². The Morgan fingerprint density at radius 1 is 1.50 bits per heavy atom. The smallest absolute Gasteiger partial charge is 0.319 e. The zero-order valence-electron chi connectivity index (χ0n) is 11.2. The standard InChI is InChI=1S/C12H15ClN6O/c1-3-19-11(15-7-16-19)8(2)17-12(20)18-9-5-4-6-14-10(9)13/h4-8H,3H2,1-2H3,(H2,17,18,20). The van der Waals surface area contributed by atoms with Crippen molar-refractivity contribution < 1.29 is 4.79 Å². The summed E-state index contributed by atoms with van der Waals surface area (Å²) in [5.41, 5.74) is 0.454. The van der Waals surface area contributed by atoms with E-state index in [0.29, 0.717) is 18.1 Å². The predicted molar refractivity (Wildman–Crippen MR) is 75.5 cm³/mol. The van der Waals surface area contributed by atoms with Crippen LogP contribution in [0.5, 0.6) is 0 Å². The molecule has 20 heavy (non-hydrogen) atoms. The number of aromatic nitrogens is 4. The van der Waals surface area contributed by atoms with Gasteiger partial charge in [0.15, 0.2) is 5.15 Å². The fourth-order valence-corrected chi connectivity index (χ4v) is 1.92. The highest BCUT2D eigenvalue weighted by molar-refractivity contribution is 6.32. The van der Waals surface area contributed by atoms with Crippen LogP contribution < -0.4 is 10.6 Å². The number of nitrogens with one attached hydrogen (secondary N) is 2. The molecule has 7 nitrogen and oxygen atoms in total. The summed E-state index contributed by atoms with van der Waals surface area (Å²) >= 11 is 5.87. The number of pyridine rings is 1. The summed E-state index contributed by atoms with van der Waals surface area (Å²) in [6, 6.07) is 2.72. The molecule has 1 unspecified atom stereocenters. The van der Waals surface area contributed by atoms with Crippen LogP contribution in [0.25, 0.3) is 0 Å². The van der Waals surface area contributed by atoms with Gasteiger partial charge in [-0.25, -0.2) is 19.4 Å². The Morgan fingerprint density at radius 3 is 3.00 bits per heavy atom. The van der Waals surface area contributed by atoms with Crippen molar-refractivity contribution in [2.24, 2.45) is 0 Å². The van der Waals surface area contributed by atoms with Gasteiger partial charge in [-0.1, -0.05) is 11.6 Å². The molecule has 0 radical (unpaired) electrons. The fraction of sp³-hybridized carbons (Fsp3) is 0.333. The lowest BCUT2D eigenvalue weighted by Gasteiger charge is -2.14. The zero-order valence-corrected chi connectivity index (χ0v) is 11.9. The molecular weight excluding hydrogens is 280 g/mol. The van der Waals surface area contributed by atoms with Crippen LogP contribution in [-0.2, 0) is 6.54 Å². The fourth-order valence-electron chi connectivity index (χ4n) is 1.75. The van der Waals surface area contributed by atoms with Gasteiger partial charge in [-0.05, 0) is 26.0 Å². The second-order valence-corrected chi connectivity index (χ2v) is 4.45. The second-order valence-electron chi connectivity index (χ2n) is 4.10. The Morgan fingerprint density at radius 2 is 2.30 bits per heavy atom. The van der Waals surface area contributed by atoms with Crippen molar-refractivity contribution in [1.82, 2.24) is 25.1 Å². The van der Waals surface area contributed by atoms with Gasteiger partial charge in [0.05, 0.1) is 11.7 Å². The Hall–Kier alpha value is -2.15. The minimum atomic E-state index is -0.377. The highest BCUT2D eigenvalue weighted by atomic mass is 35.5. The summed E-state index contributed by atoms with van der Waals surface area (Å²) in [5.74, 6) is 0.694. The Balaban J connectivity index is 2.00. The molecular formula is C12H15ClN6O. The van der Waals surface area contributed by atoms with Crippen molar-refractivity contribution >= 4 is 23.3 Å². The lowest BCUT2D eigenvalue weighted by Crippen LogP contribution is -2.32. The lowest BCUT2D eigenvalue weighted by atomic mass is 10.3. The van der Waals surface area contributed by atoms with E-state index in [0.717, 1.165) is 0 Å². The molecule has 0 bridgehead atoms. The molecule has 0 aliphatic heterocycles. The van der Waals surface area contributed by atoms with E-state index in [2.05, 4.69) is 25.7 Å². The third kappa shape index (κ3) is 3.24. The van der Waals surface area contributed by atoms with Gasteiger partial charge >= 0.3 is 6.03 Å². The largest absolute Gasteiger partial charge is 0.328 e. The maximum absolute atomic E-state index is 11.9. The highest BCUT2D eigenvalue weighted by Gasteiger charge is 2.15. The van der Waals surface area contributed by atoms with Gasteiger partial charge in [0.2, 0.25) is 0 Å². The minimum absolute atomic E-state index is 0.243. The van der Waals surface area contributed by atoms with E-state index >= 15 is 0 Å². The van der Waals surface area contributed by atoms with E-state index in [9.17, 15) is 4.79 Å². The summed E-state index contributed by atoms with van der Waals surface area (Å²) in [6.07, 6.45) is 3.02. The molecule has 2 aromatic heterocycles. The Labute approximate surface area is 121 Å². The molecule has 2 aromatic rings. The van der Waals surface area contributed by atoms with Gasteiger partial charge in [0.1, 0.15) is 12.2 Å². The highest BCUT2D eigenvalue weighted by Crippen LogP contribution is 2.17. The van der Waals surface area contributed by atoms with Gasteiger partial charge in [0.25, 0.3) is 0 Å². The number of halogens is 1. The molecule has 0 fully saturated rings. The molecule has 0 spiro atoms. The molecule has 0 aromatic carbocycles.